The highest BCUT2D eigenvalue weighted by Gasteiger charge is 2.24. The molecule has 4 nitrogen and oxygen atoms in total. The van der Waals surface area contributed by atoms with Crippen LogP contribution in [-0.4, -0.2) is 36.1 Å². The molecule has 10 heavy (non-hydrogen) atoms. The minimum Gasteiger partial charge on any atom is -0.368 e. The molecule has 1 unspecified atom stereocenters. The lowest BCUT2D eigenvalue weighted by atomic mass is 10.3. The van der Waals surface area contributed by atoms with Crippen molar-refractivity contribution in [2.75, 3.05) is 14.1 Å². The summed E-state index contributed by atoms with van der Waals surface area (Å²) in [5.74, 6) is 0.606. The van der Waals surface area contributed by atoms with Crippen LogP contribution in [0.3, 0.4) is 0 Å². The summed E-state index contributed by atoms with van der Waals surface area (Å²) in [6, 6.07) is 0. The minimum atomic E-state index is 0.347. The monoisotopic (exact) mass is 142 g/mol. The number of nitrogens with two attached hydrogens (primary N) is 1. The zero-order valence-corrected chi connectivity index (χ0v) is 6.70. The highest BCUT2D eigenvalue weighted by molar-refractivity contribution is 5.79. The van der Waals surface area contributed by atoms with Gasteiger partial charge in [-0.1, -0.05) is 6.92 Å². The Hall–Kier alpha value is -0.930. The van der Waals surface area contributed by atoms with Crippen LogP contribution in [0.1, 0.15) is 13.3 Å². The van der Waals surface area contributed by atoms with Gasteiger partial charge in [-0.05, 0) is 6.42 Å². The van der Waals surface area contributed by atoms with Gasteiger partial charge in [-0.2, -0.15) is 0 Å². The van der Waals surface area contributed by atoms with E-state index in [1.165, 1.54) is 0 Å². The van der Waals surface area contributed by atoms with Crippen LogP contribution in [0.15, 0.2) is 5.10 Å². The molecule has 1 aliphatic rings. The second kappa shape index (κ2) is 2.36. The minimum absolute atomic E-state index is 0.347. The van der Waals surface area contributed by atoms with Crippen molar-refractivity contribution in [3.05, 3.63) is 0 Å². The third kappa shape index (κ3) is 0.894. The highest BCUT2D eigenvalue weighted by Crippen LogP contribution is 2.12. The molecular weight excluding hydrogens is 128 g/mol. The summed E-state index contributed by atoms with van der Waals surface area (Å²) < 4.78 is 0. The Bertz CT molecular complexity index is 154. The lowest BCUT2D eigenvalue weighted by Gasteiger charge is -2.23. The maximum absolute atomic E-state index is 5.57. The van der Waals surface area contributed by atoms with E-state index in [-0.39, 0.29) is 0 Å². The number of hydrogen-bond acceptors (Lipinski definition) is 4. The van der Waals surface area contributed by atoms with Gasteiger partial charge < -0.3 is 10.6 Å². The topological polar surface area (TPSA) is 44.9 Å². The van der Waals surface area contributed by atoms with Gasteiger partial charge in [-0.25, -0.2) is 0 Å². The Labute approximate surface area is 61.3 Å². The standard InChI is InChI=1S/C6H14N4/c1-4-5-9(2)6(7)8-10(5)3/h5H,4H2,1-3H3,(H2,7,8). The average molecular weight is 142 g/mol. The quantitative estimate of drug-likeness (QED) is 0.553. The van der Waals surface area contributed by atoms with Crippen molar-refractivity contribution in [1.82, 2.24) is 9.91 Å². The van der Waals surface area contributed by atoms with E-state index in [1.807, 2.05) is 24.0 Å². The van der Waals surface area contributed by atoms with Gasteiger partial charge in [0.15, 0.2) is 0 Å². The SMILES string of the molecule is CCC1N(C)N=C(N)N1C. The highest BCUT2D eigenvalue weighted by atomic mass is 15.6. The number of nitrogens with zero attached hydrogens (tertiary/aromatic N) is 3. The summed E-state index contributed by atoms with van der Waals surface area (Å²) in [7, 11) is 3.89. The van der Waals surface area contributed by atoms with Crippen LogP contribution in [0.4, 0.5) is 0 Å². The molecule has 1 rings (SSSR count). The summed E-state index contributed by atoms with van der Waals surface area (Å²) in [6.07, 6.45) is 1.39. The predicted octanol–water partition coefficient (Wildman–Crippen LogP) is -0.171. The third-order valence-electron chi connectivity index (χ3n) is 1.87. The number of hydrogen-bond donors (Lipinski definition) is 1. The maximum atomic E-state index is 5.57. The molecule has 1 atom stereocenters. The average Bonchev–Trinajstić information content (AvgIpc) is 2.09. The molecule has 2 N–H and O–H groups in total. The fourth-order valence-electron chi connectivity index (χ4n) is 1.24. The van der Waals surface area contributed by atoms with Crippen molar-refractivity contribution in [2.24, 2.45) is 10.8 Å². The van der Waals surface area contributed by atoms with Gasteiger partial charge in [0.05, 0.1) is 0 Å². The number of guanidine groups is 1. The fourth-order valence-corrected chi connectivity index (χ4v) is 1.24. The molecule has 0 aromatic heterocycles. The molecule has 1 heterocycles. The van der Waals surface area contributed by atoms with Crippen LogP contribution in [0.2, 0.25) is 0 Å². The first kappa shape index (κ1) is 7.18. The third-order valence-corrected chi connectivity index (χ3v) is 1.87. The van der Waals surface area contributed by atoms with Crippen LogP contribution < -0.4 is 5.73 Å². The normalized spacial score (nSPS) is 25.5. The molecule has 0 saturated heterocycles. The molecule has 58 valence electrons. The van der Waals surface area contributed by atoms with Gasteiger partial charge in [0.1, 0.15) is 6.17 Å². The van der Waals surface area contributed by atoms with E-state index < -0.39 is 0 Å². The van der Waals surface area contributed by atoms with Crippen LogP contribution >= 0.6 is 0 Å². The van der Waals surface area contributed by atoms with E-state index in [0.717, 1.165) is 6.42 Å². The number of rotatable bonds is 1. The van der Waals surface area contributed by atoms with Crippen molar-refractivity contribution in [3.8, 4) is 0 Å². The molecule has 1 aliphatic heterocycles. The van der Waals surface area contributed by atoms with Gasteiger partial charge >= 0.3 is 0 Å². The van der Waals surface area contributed by atoms with Crippen molar-refractivity contribution < 1.29 is 0 Å². The van der Waals surface area contributed by atoms with E-state index in [0.29, 0.717) is 12.1 Å². The first-order valence-corrected chi connectivity index (χ1v) is 3.46. The molecule has 0 spiro atoms. The summed E-state index contributed by atoms with van der Waals surface area (Å²) in [5.41, 5.74) is 5.57. The van der Waals surface area contributed by atoms with Crippen molar-refractivity contribution in [3.63, 3.8) is 0 Å². The fraction of sp³-hybridized carbons (Fsp3) is 0.833. The van der Waals surface area contributed by atoms with Crippen molar-refractivity contribution in [1.29, 1.82) is 0 Å². The molecule has 0 radical (unpaired) electrons. The summed E-state index contributed by atoms with van der Waals surface area (Å²) in [6.45, 7) is 2.12. The van der Waals surface area contributed by atoms with E-state index in [1.54, 1.807) is 0 Å². The Morgan fingerprint density at radius 1 is 1.60 bits per heavy atom. The molecule has 0 fully saturated rings. The van der Waals surface area contributed by atoms with Gasteiger partial charge in [0.25, 0.3) is 0 Å². The predicted molar refractivity (Wildman–Crippen MR) is 41.2 cm³/mol. The molecule has 0 bridgehead atoms. The van der Waals surface area contributed by atoms with Gasteiger partial charge in [-0.3, -0.25) is 5.01 Å². The first-order valence-electron chi connectivity index (χ1n) is 3.46. The molecule has 0 aromatic rings. The molecular formula is C6H14N4. The second-order valence-electron chi connectivity index (χ2n) is 2.53. The van der Waals surface area contributed by atoms with Crippen LogP contribution in [0.5, 0.6) is 0 Å². The summed E-state index contributed by atoms with van der Waals surface area (Å²) in [4.78, 5) is 1.97. The zero-order valence-electron chi connectivity index (χ0n) is 6.70. The first-order chi connectivity index (χ1) is 4.66. The van der Waals surface area contributed by atoms with E-state index in [4.69, 9.17) is 5.73 Å². The molecule has 0 aliphatic carbocycles. The van der Waals surface area contributed by atoms with Gasteiger partial charge in [0, 0.05) is 14.1 Å². The van der Waals surface area contributed by atoms with E-state index in [2.05, 4.69) is 12.0 Å². The van der Waals surface area contributed by atoms with E-state index >= 15 is 0 Å². The maximum Gasteiger partial charge on any atom is 0.215 e. The lowest BCUT2D eigenvalue weighted by molar-refractivity contribution is 0.174. The zero-order chi connectivity index (χ0) is 7.72. The van der Waals surface area contributed by atoms with Crippen molar-refractivity contribution in [2.45, 2.75) is 19.5 Å². The Morgan fingerprint density at radius 3 is 2.40 bits per heavy atom. The van der Waals surface area contributed by atoms with Gasteiger partial charge in [-0.15, -0.1) is 5.10 Å². The Morgan fingerprint density at radius 2 is 2.20 bits per heavy atom. The Balaban J connectivity index is 2.66. The smallest absolute Gasteiger partial charge is 0.215 e. The van der Waals surface area contributed by atoms with Crippen LogP contribution in [0.25, 0.3) is 0 Å². The lowest BCUT2D eigenvalue weighted by Crippen LogP contribution is -2.40. The summed E-state index contributed by atoms with van der Waals surface area (Å²) >= 11 is 0. The van der Waals surface area contributed by atoms with E-state index in [9.17, 15) is 0 Å². The summed E-state index contributed by atoms with van der Waals surface area (Å²) in [5, 5.41) is 5.96. The molecule has 4 heteroatoms. The van der Waals surface area contributed by atoms with Crippen molar-refractivity contribution >= 4 is 5.96 Å². The molecule has 0 saturated carbocycles. The Kier molecular flexibility index (Phi) is 1.70. The van der Waals surface area contributed by atoms with Crippen LogP contribution in [-0.2, 0) is 0 Å². The van der Waals surface area contributed by atoms with Crippen LogP contribution in [0, 0.1) is 0 Å². The molecule has 0 amide bonds. The number of hydrazone groups is 1. The second-order valence-corrected chi connectivity index (χ2v) is 2.53. The molecule has 0 aromatic carbocycles. The van der Waals surface area contributed by atoms with Gasteiger partial charge in [0.2, 0.25) is 5.96 Å². The largest absolute Gasteiger partial charge is 0.368 e.